The van der Waals surface area contributed by atoms with Crippen molar-refractivity contribution in [3.63, 3.8) is 0 Å². The van der Waals surface area contributed by atoms with Crippen LogP contribution in [0.4, 0.5) is 5.82 Å². The van der Waals surface area contributed by atoms with Gasteiger partial charge in [-0.3, -0.25) is 4.79 Å². The zero-order chi connectivity index (χ0) is 15.4. The molecule has 0 radical (unpaired) electrons. The van der Waals surface area contributed by atoms with Gasteiger partial charge in [0.2, 0.25) is 5.91 Å². The van der Waals surface area contributed by atoms with E-state index in [0.717, 1.165) is 30.3 Å². The van der Waals surface area contributed by atoms with Crippen molar-refractivity contribution in [3.8, 4) is 0 Å². The highest BCUT2D eigenvalue weighted by atomic mass is 16.4. The van der Waals surface area contributed by atoms with E-state index < -0.39 is 5.97 Å². The van der Waals surface area contributed by atoms with Crippen LogP contribution in [0, 0.1) is 5.92 Å². The topological polar surface area (TPSA) is 96.5 Å². The second-order valence-electron chi connectivity index (χ2n) is 5.30. The number of piperidine rings is 1. The summed E-state index contributed by atoms with van der Waals surface area (Å²) in [4.78, 5) is 28.2. The summed E-state index contributed by atoms with van der Waals surface area (Å²) in [5.41, 5.74) is 6.11. The number of carboxylic acid groups (broad SMARTS) is 1. The van der Waals surface area contributed by atoms with Gasteiger partial charge in [-0.15, -0.1) is 0 Å². The second kappa shape index (κ2) is 6.39. The number of hydrogen-bond donors (Lipinski definition) is 2. The van der Waals surface area contributed by atoms with Gasteiger partial charge in [-0.05, 0) is 43.5 Å². The third-order valence-corrected chi connectivity index (χ3v) is 3.77. The minimum absolute atomic E-state index is 0.144. The fourth-order valence-corrected chi connectivity index (χ4v) is 2.49. The molecule has 0 saturated carbocycles. The molecule has 112 valence electrons. The first-order valence-electron chi connectivity index (χ1n) is 6.90. The number of anilines is 1. The molecule has 1 aromatic heterocycles. The van der Waals surface area contributed by atoms with Gasteiger partial charge in [-0.1, -0.05) is 0 Å². The predicted molar refractivity (Wildman–Crippen MR) is 79.6 cm³/mol. The van der Waals surface area contributed by atoms with Gasteiger partial charge < -0.3 is 15.7 Å². The number of hydrogen-bond acceptors (Lipinski definition) is 4. The van der Waals surface area contributed by atoms with Crippen LogP contribution < -0.4 is 10.6 Å². The lowest BCUT2D eigenvalue weighted by molar-refractivity contribution is -0.131. The minimum atomic E-state index is -0.993. The third kappa shape index (κ3) is 3.81. The molecule has 2 unspecified atom stereocenters. The molecule has 3 N–H and O–H groups in total. The number of amides is 1. The van der Waals surface area contributed by atoms with Crippen LogP contribution in [0.3, 0.4) is 0 Å². The number of pyridine rings is 1. The van der Waals surface area contributed by atoms with Crippen molar-refractivity contribution in [2.75, 3.05) is 11.4 Å². The Labute approximate surface area is 123 Å². The molecule has 1 amide bonds. The molecular weight excluding hydrogens is 270 g/mol. The molecule has 1 saturated heterocycles. The Morgan fingerprint density at radius 1 is 1.43 bits per heavy atom. The molecule has 0 spiro atoms. The molecular formula is C15H19N3O3. The fourth-order valence-electron chi connectivity index (χ4n) is 2.49. The predicted octanol–water partition coefficient (Wildman–Crippen LogP) is 1.27. The average Bonchev–Trinajstić information content (AvgIpc) is 2.46. The van der Waals surface area contributed by atoms with Crippen molar-refractivity contribution in [1.82, 2.24) is 4.98 Å². The molecule has 1 fully saturated rings. The van der Waals surface area contributed by atoms with Gasteiger partial charge >= 0.3 is 5.97 Å². The maximum absolute atomic E-state index is 11.4. The molecule has 6 nitrogen and oxygen atoms in total. The lowest BCUT2D eigenvalue weighted by atomic mass is 9.93. The van der Waals surface area contributed by atoms with Crippen LogP contribution in [0.5, 0.6) is 0 Å². The maximum Gasteiger partial charge on any atom is 0.328 e. The summed E-state index contributed by atoms with van der Waals surface area (Å²) in [5.74, 6) is -0.628. The Morgan fingerprint density at radius 2 is 2.19 bits per heavy atom. The standard InChI is InChI=1S/C15H19N3O3/c1-10-2-5-12(15(16)21)9-18(10)13-6-3-11(8-17-13)4-7-14(19)20/h3-4,6-8,10,12H,2,5,9H2,1H3,(H2,16,21)(H,19,20)/b7-4+. The van der Waals surface area contributed by atoms with Crippen LogP contribution in [-0.4, -0.2) is 34.6 Å². The maximum atomic E-state index is 11.4. The van der Waals surface area contributed by atoms with Gasteiger partial charge in [0.25, 0.3) is 0 Å². The van der Waals surface area contributed by atoms with E-state index in [1.54, 1.807) is 6.20 Å². The third-order valence-electron chi connectivity index (χ3n) is 3.77. The highest BCUT2D eigenvalue weighted by molar-refractivity contribution is 5.85. The summed E-state index contributed by atoms with van der Waals surface area (Å²) in [7, 11) is 0. The molecule has 0 aliphatic carbocycles. The number of aliphatic carboxylic acids is 1. The lowest BCUT2D eigenvalue weighted by Crippen LogP contribution is -2.46. The molecule has 2 heterocycles. The summed E-state index contributed by atoms with van der Waals surface area (Å²) in [6, 6.07) is 3.94. The van der Waals surface area contributed by atoms with E-state index in [2.05, 4.69) is 16.8 Å². The van der Waals surface area contributed by atoms with Crippen LogP contribution in [0.1, 0.15) is 25.3 Å². The van der Waals surface area contributed by atoms with E-state index >= 15 is 0 Å². The van der Waals surface area contributed by atoms with Gasteiger partial charge in [0, 0.05) is 24.9 Å². The molecule has 1 aromatic rings. The highest BCUT2D eigenvalue weighted by Gasteiger charge is 2.29. The fraction of sp³-hybridized carbons (Fsp3) is 0.400. The molecule has 0 aromatic carbocycles. The Balaban J connectivity index is 2.13. The summed E-state index contributed by atoms with van der Waals surface area (Å²) in [6.07, 6.45) is 5.89. The molecule has 2 rings (SSSR count). The summed E-state index contributed by atoms with van der Waals surface area (Å²) >= 11 is 0. The number of aromatic nitrogens is 1. The van der Waals surface area contributed by atoms with Crippen molar-refractivity contribution >= 4 is 23.8 Å². The van der Waals surface area contributed by atoms with Crippen molar-refractivity contribution in [2.45, 2.75) is 25.8 Å². The van der Waals surface area contributed by atoms with Crippen LogP contribution in [0.15, 0.2) is 24.4 Å². The summed E-state index contributed by atoms with van der Waals surface area (Å²) in [6.45, 7) is 2.67. The Morgan fingerprint density at radius 3 is 2.76 bits per heavy atom. The molecule has 1 aliphatic heterocycles. The van der Waals surface area contributed by atoms with Crippen LogP contribution in [-0.2, 0) is 9.59 Å². The van der Waals surface area contributed by atoms with Gasteiger partial charge in [0.1, 0.15) is 5.82 Å². The monoisotopic (exact) mass is 289 g/mol. The Kier molecular flexibility index (Phi) is 4.57. The van der Waals surface area contributed by atoms with Gasteiger partial charge in [-0.25, -0.2) is 9.78 Å². The first-order valence-corrected chi connectivity index (χ1v) is 6.90. The smallest absolute Gasteiger partial charge is 0.328 e. The SMILES string of the molecule is CC1CCC(C(N)=O)CN1c1ccc(/C=C/C(=O)O)cn1. The number of carboxylic acids is 1. The largest absolute Gasteiger partial charge is 0.478 e. The normalized spacial score (nSPS) is 22.4. The number of carbonyl (C=O) groups excluding carboxylic acids is 1. The highest BCUT2D eigenvalue weighted by Crippen LogP contribution is 2.26. The molecule has 2 atom stereocenters. The van der Waals surface area contributed by atoms with Crippen molar-refractivity contribution < 1.29 is 14.7 Å². The number of rotatable bonds is 4. The molecule has 6 heteroatoms. The van der Waals surface area contributed by atoms with Crippen molar-refractivity contribution in [1.29, 1.82) is 0 Å². The van der Waals surface area contributed by atoms with E-state index in [-0.39, 0.29) is 11.8 Å². The Hall–Kier alpha value is -2.37. The van der Waals surface area contributed by atoms with E-state index in [9.17, 15) is 9.59 Å². The summed E-state index contributed by atoms with van der Waals surface area (Å²) < 4.78 is 0. The number of primary amides is 1. The van der Waals surface area contributed by atoms with E-state index in [1.165, 1.54) is 6.08 Å². The zero-order valence-electron chi connectivity index (χ0n) is 11.9. The number of carbonyl (C=O) groups is 2. The average molecular weight is 289 g/mol. The van der Waals surface area contributed by atoms with E-state index in [1.807, 2.05) is 12.1 Å². The van der Waals surface area contributed by atoms with Gasteiger partial charge in [-0.2, -0.15) is 0 Å². The lowest BCUT2D eigenvalue weighted by Gasteiger charge is -2.37. The number of nitrogens with two attached hydrogens (primary N) is 1. The second-order valence-corrected chi connectivity index (χ2v) is 5.30. The van der Waals surface area contributed by atoms with E-state index in [4.69, 9.17) is 10.8 Å². The van der Waals surface area contributed by atoms with Gasteiger partial charge in [0.15, 0.2) is 0 Å². The molecule has 21 heavy (non-hydrogen) atoms. The molecule has 0 bridgehead atoms. The van der Waals surface area contributed by atoms with E-state index in [0.29, 0.717) is 12.6 Å². The van der Waals surface area contributed by atoms with Crippen molar-refractivity contribution in [3.05, 3.63) is 30.0 Å². The van der Waals surface area contributed by atoms with Crippen LogP contribution in [0.2, 0.25) is 0 Å². The Bertz CT molecular complexity index is 554. The minimum Gasteiger partial charge on any atom is -0.478 e. The summed E-state index contributed by atoms with van der Waals surface area (Å²) in [5, 5.41) is 8.59. The first kappa shape index (κ1) is 15.0. The van der Waals surface area contributed by atoms with Crippen LogP contribution in [0.25, 0.3) is 6.08 Å². The number of nitrogens with zero attached hydrogens (tertiary/aromatic N) is 2. The molecule has 1 aliphatic rings. The quantitative estimate of drug-likeness (QED) is 0.814. The van der Waals surface area contributed by atoms with Crippen molar-refractivity contribution in [2.24, 2.45) is 11.7 Å². The zero-order valence-corrected chi connectivity index (χ0v) is 11.9. The first-order chi connectivity index (χ1) is 9.97. The van der Waals surface area contributed by atoms with Crippen LogP contribution >= 0.6 is 0 Å². The van der Waals surface area contributed by atoms with Gasteiger partial charge in [0.05, 0.1) is 5.92 Å².